The van der Waals surface area contributed by atoms with Crippen LogP contribution < -0.4 is 14.8 Å². The Labute approximate surface area is 235 Å². The summed E-state index contributed by atoms with van der Waals surface area (Å²) in [5, 5.41) is 9.34. The minimum atomic E-state index is -0.215. The topological polar surface area (TPSA) is 87.2 Å². The van der Waals surface area contributed by atoms with Gasteiger partial charge in [-0.3, -0.25) is 9.78 Å². The van der Waals surface area contributed by atoms with Crippen LogP contribution in [0.2, 0.25) is 0 Å². The molecule has 0 saturated heterocycles. The Hall–Kier alpha value is -4.63. The van der Waals surface area contributed by atoms with Crippen LogP contribution in [0.1, 0.15) is 38.2 Å². The summed E-state index contributed by atoms with van der Waals surface area (Å²) >= 11 is 1.30. The molecule has 0 atom stereocenters. The smallest absolute Gasteiger partial charge is 0.291 e. The molecule has 8 nitrogen and oxygen atoms in total. The molecule has 4 aromatic heterocycles. The molecule has 9 heteroatoms. The fourth-order valence-corrected chi connectivity index (χ4v) is 5.35. The number of ether oxygens (including phenoxy) is 1. The van der Waals surface area contributed by atoms with E-state index in [2.05, 4.69) is 22.0 Å². The van der Waals surface area contributed by atoms with Crippen LogP contribution in [0.5, 0.6) is 5.75 Å². The number of para-hydroxylation sites is 1. The van der Waals surface area contributed by atoms with Gasteiger partial charge >= 0.3 is 0 Å². The first-order valence-corrected chi connectivity index (χ1v) is 14.2. The first-order chi connectivity index (χ1) is 19.7. The van der Waals surface area contributed by atoms with Gasteiger partial charge in [0, 0.05) is 35.3 Å². The Kier molecular flexibility index (Phi) is 7.45. The molecule has 0 fully saturated rings. The third-order valence-electron chi connectivity index (χ3n) is 6.55. The lowest BCUT2D eigenvalue weighted by molar-refractivity contribution is 0.305. The summed E-state index contributed by atoms with van der Waals surface area (Å²) in [4.78, 5) is 22.5. The molecule has 0 radical (unpaired) electrons. The number of benzene rings is 2. The maximum Gasteiger partial charge on any atom is 0.291 e. The van der Waals surface area contributed by atoms with Crippen molar-refractivity contribution in [3.63, 3.8) is 0 Å². The Morgan fingerprint density at radius 2 is 1.77 bits per heavy atom. The summed E-state index contributed by atoms with van der Waals surface area (Å²) in [6.07, 6.45) is 11.9. The molecule has 40 heavy (non-hydrogen) atoms. The lowest BCUT2D eigenvalue weighted by Gasteiger charge is -2.07. The van der Waals surface area contributed by atoms with Crippen LogP contribution >= 0.6 is 11.3 Å². The van der Waals surface area contributed by atoms with Gasteiger partial charge in [0.15, 0.2) is 5.82 Å². The summed E-state index contributed by atoms with van der Waals surface area (Å²) in [5.41, 5.74) is 4.02. The van der Waals surface area contributed by atoms with Crippen molar-refractivity contribution in [2.75, 3.05) is 6.61 Å². The maximum atomic E-state index is 13.3. The lowest BCUT2D eigenvalue weighted by Crippen LogP contribution is -2.23. The second-order valence-electron chi connectivity index (χ2n) is 9.43. The second kappa shape index (κ2) is 11.6. The Bertz CT molecular complexity index is 1830. The zero-order valence-electron chi connectivity index (χ0n) is 22.1. The Morgan fingerprint density at radius 1 is 0.925 bits per heavy atom. The standard InChI is InChI=1S/C31H28N6O2S/c1-2-3-4-8-18-39-26-15-13-22(14-16-26)28-24(21-36(34-28)25-11-6-5-7-12-25)19-27-30(38)37-31(40-27)33-29(35-37)23-10-9-17-32-20-23/h5-7,9-17,19-21H,2-4,8,18H2,1H3. The van der Waals surface area contributed by atoms with Crippen LogP contribution in [-0.4, -0.2) is 36.0 Å². The molecule has 4 heterocycles. The van der Waals surface area contributed by atoms with E-state index < -0.39 is 0 Å². The monoisotopic (exact) mass is 548 g/mol. The van der Waals surface area contributed by atoms with Crippen molar-refractivity contribution < 1.29 is 4.74 Å². The van der Waals surface area contributed by atoms with E-state index in [1.165, 1.54) is 35.1 Å². The lowest BCUT2D eigenvalue weighted by atomic mass is 10.1. The summed E-state index contributed by atoms with van der Waals surface area (Å²) in [6, 6.07) is 21.6. The van der Waals surface area contributed by atoms with E-state index in [0.717, 1.165) is 40.2 Å². The summed E-state index contributed by atoms with van der Waals surface area (Å²) in [5.74, 6) is 1.32. The van der Waals surface area contributed by atoms with Gasteiger partial charge in [0.05, 0.1) is 16.8 Å². The molecule has 2 aromatic carbocycles. The van der Waals surface area contributed by atoms with E-state index in [4.69, 9.17) is 9.84 Å². The van der Waals surface area contributed by atoms with Crippen molar-refractivity contribution >= 4 is 22.4 Å². The number of fused-ring (bicyclic) bond motifs is 1. The number of hydrogen-bond acceptors (Lipinski definition) is 7. The van der Waals surface area contributed by atoms with Gasteiger partial charge in [-0.1, -0.05) is 55.7 Å². The van der Waals surface area contributed by atoms with Gasteiger partial charge < -0.3 is 4.74 Å². The highest BCUT2D eigenvalue weighted by Gasteiger charge is 2.15. The highest BCUT2D eigenvalue weighted by molar-refractivity contribution is 7.15. The van der Waals surface area contributed by atoms with E-state index in [0.29, 0.717) is 21.9 Å². The van der Waals surface area contributed by atoms with Crippen LogP contribution in [0.25, 0.3) is 39.4 Å². The normalized spacial score (nSPS) is 11.9. The van der Waals surface area contributed by atoms with Crippen molar-refractivity contribution in [2.45, 2.75) is 32.6 Å². The van der Waals surface area contributed by atoms with Gasteiger partial charge in [-0.2, -0.15) is 14.6 Å². The highest BCUT2D eigenvalue weighted by Crippen LogP contribution is 2.27. The molecular formula is C31H28N6O2S. The van der Waals surface area contributed by atoms with E-state index >= 15 is 0 Å². The molecular weight excluding hydrogens is 520 g/mol. The van der Waals surface area contributed by atoms with Crippen molar-refractivity contribution in [3.8, 4) is 34.1 Å². The molecule has 0 amide bonds. The van der Waals surface area contributed by atoms with E-state index in [1.54, 1.807) is 12.4 Å². The quantitative estimate of drug-likeness (QED) is 0.208. The van der Waals surface area contributed by atoms with E-state index in [1.807, 2.05) is 83.7 Å². The van der Waals surface area contributed by atoms with E-state index in [9.17, 15) is 4.79 Å². The minimum absolute atomic E-state index is 0.215. The average Bonchev–Trinajstić information content (AvgIpc) is 3.69. The molecule has 0 saturated carbocycles. The largest absolute Gasteiger partial charge is 0.494 e. The maximum absolute atomic E-state index is 13.3. The number of nitrogens with zero attached hydrogens (tertiary/aromatic N) is 6. The first-order valence-electron chi connectivity index (χ1n) is 13.4. The molecule has 200 valence electrons. The van der Waals surface area contributed by atoms with Crippen LogP contribution in [-0.2, 0) is 0 Å². The van der Waals surface area contributed by atoms with Crippen molar-refractivity contribution in [1.82, 2.24) is 29.4 Å². The predicted octanol–water partition coefficient (Wildman–Crippen LogP) is 5.57. The minimum Gasteiger partial charge on any atom is -0.494 e. The molecule has 0 bridgehead atoms. The second-order valence-corrected chi connectivity index (χ2v) is 10.4. The fourth-order valence-electron chi connectivity index (χ4n) is 4.45. The first kappa shape index (κ1) is 25.6. The summed E-state index contributed by atoms with van der Waals surface area (Å²) < 4.78 is 9.66. The van der Waals surface area contributed by atoms with Gasteiger partial charge in [-0.05, 0) is 61.0 Å². The number of thiazole rings is 1. The third-order valence-corrected chi connectivity index (χ3v) is 7.51. The van der Waals surface area contributed by atoms with Crippen LogP contribution in [0.15, 0.2) is 90.1 Å². The molecule has 0 N–H and O–H groups in total. The number of aromatic nitrogens is 6. The molecule has 6 rings (SSSR count). The number of hydrogen-bond donors (Lipinski definition) is 0. The zero-order valence-corrected chi connectivity index (χ0v) is 22.9. The Balaban J connectivity index is 1.35. The van der Waals surface area contributed by atoms with Gasteiger partial charge in [-0.15, -0.1) is 5.10 Å². The number of unbranched alkanes of at least 4 members (excludes halogenated alkanes) is 3. The van der Waals surface area contributed by atoms with Crippen molar-refractivity contribution in [1.29, 1.82) is 0 Å². The van der Waals surface area contributed by atoms with Gasteiger partial charge in [0.2, 0.25) is 4.96 Å². The van der Waals surface area contributed by atoms with Gasteiger partial charge in [0.25, 0.3) is 5.56 Å². The molecule has 0 aliphatic heterocycles. The van der Waals surface area contributed by atoms with Crippen LogP contribution in [0.4, 0.5) is 0 Å². The Morgan fingerprint density at radius 3 is 2.52 bits per heavy atom. The highest BCUT2D eigenvalue weighted by atomic mass is 32.1. The molecule has 0 aliphatic rings. The zero-order chi connectivity index (χ0) is 27.3. The molecule has 0 aliphatic carbocycles. The summed E-state index contributed by atoms with van der Waals surface area (Å²) in [6.45, 7) is 2.92. The summed E-state index contributed by atoms with van der Waals surface area (Å²) in [7, 11) is 0. The third kappa shape index (κ3) is 5.41. The van der Waals surface area contributed by atoms with Gasteiger partial charge in [-0.25, -0.2) is 4.68 Å². The van der Waals surface area contributed by atoms with Crippen molar-refractivity contribution in [3.05, 3.63) is 106 Å². The molecule has 0 spiro atoms. The average molecular weight is 549 g/mol. The van der Waals surface area contributed by atoms with Crippen molar-refractivity contribution in [2.24, 2.45) is 0 Å². The predicted molar refractivity (Wildman–Crippen MR) is 158 cm³/mol. The molecule has 6 aromatic rings. The fraction of sp³-hybridized carbons (Fsp3) is 0.194. The number of rotatable bonds is 10. The van der Waals surface area contributed by atoms with Crippen LogP contribution in [0, 0.1) is 0 Å². The van der Waals surface area contributed by atoms with Gasteiger partial charge in [0.1, 0.15) is 11.4 Å². The molecule has 0 unspecified atom stereocenters. The number of pyridine rings is 1. The van der Waals surface area contributed by atoms with Crippen LogP contribution in [0.3, 0.4) is 0 Å². The van der Waals surface area contributed by atoms with E-state index in [-0.39, 0.29) is 5.56 Å². The SMILES string of the molecule is CCCCCCOc1ccc(-c2nn(-c3ccccc3)cc2C=c2sc3nc(-c4cccnc4)nn3c2=O)cc1.